The Morgan fingerprint density at radius 2 is 1.53 bits per heavy atom. The number of benzene rings is 4. The van der Waals surface area contributed by atoms with Gasteiger partial charge in [0, 0.05) is 31.8 Å². The predicted octanol–water partition coefficient (Wildman–Crippen LogP) is 5.76. The third-order valence-corrected chi connectivity index (χ3v) is 5.62. The molecule has 0 aliphatic carbocycles. The summed E-state index contributed by atoms with van der Waals surface area (Å²) in [5.74, 6) is 1.04. The largest absolute Gasteiger partial charge is 0.496 e. The number of carbonyl (C=O) groups is 1. The molecule has 1 unspecified atom stereocenters. The van der Waals surface area contributed by atoms with Crippen LogP contribution in [0, 0.1) is 0 Å². The lowest BCUT2D eigenvalue weighted by molar-refractivity contribution is -0.120. The van der Waals surface area contributed by atoms with Crippen molar-refractivity contribution in [2.75, 3.05) is 14.2 Å². The van der Waals surface area contributed by atoms with Crippen LogP contribution in [0.25, 0.3) is 21.5 Å². The first-order chi connectivity index (χ1) is 14.7. The zero-order valence-electron chi connectivity index (χ0n) is 17.4. The van der Waals surface area contributed by atoms with Crippen LogP contribution in [-0.2, 0) is 22.4 Å². The molecule has 152 valence electrons. The first-order valence-corrected chi connectivity index (χ1v) is 10.2. The van der Waals surface area contributed by atoms with E-state index in [1.54, 1.807) is 14.2 Å². The second kappa shape index (κ2) is 9.10. The van der Waals surface area contributed by atoms with Gasteiger partial charge in [0.1, 0.15) is 11.5 Å². The quantitative estimate of drug-likeness (QED) is 0.378. The average Bonchev–Trinajstić information content (AvgIpc) is 2.78. The Kier molecular flexibility index (Phi) is 6.10. The van der Waals surface area contributed by atoms with Crippen molar-refractivity contribution in [1.29, 1.82) is 0 Å². The highest BCUT2D eigenvalue weighted by Crippen LogP contribution is 2.31. The van der Waals surface area contributed by atoms with Gasteiger partial charge in [-0.15, -0.1) is 0 Å². The Bertz CT molecular complexity index is 1180. The molecule has 4 rings (SSSR count). The summed E-state index contributed by atoms with van der Waals surface area (Å²) in [4.78, 5) is 12.8. The van der Waals surface area contributed by atoms with Crippen molar-refractivity contribution in [2.45, 2.75) is 25.4 Å². The van der Waals surface area contributed by atoms with Gasteiger partial charge in [-0.3, -0.25) is 4.79 Å². The molecule has 30 heavy (non-hydrogen) atoms. The lowest BCUT2D eigenvalue weighted by Gasteiger charge is -2.18. The summed E-state index contributed by atoms with van der Waals surface area (Å²) in [7, 11) is 3.36. The summed E-state index contributed by atoms with van der Waals surface area (Å²) in [6.45, 7) is 0. The van der Waals surface area contributed by atoms with Crippen molar-refractivity contribution in [3.63, 3.8) is 0 Å². The molecule has 0 aliphatic rings. The van der Waals surface area contributed by atoms with Crippen LogP contribution in [0.3, 0.4) is 0 Å². The van der Waals surface area contributed by atoms with Crippen molar-refractivity contribution in [3.8, 4) is 5.75 Å². The molecule has 4 aromatic carbocycles. The van der Waals surface area contributed by atoms with Crippen molar-refractivity contribution in [3.05, 3.63) is 90.0 Å². The number of rotatable bonds is 8. The maximum atomic E-state index is 12.8. The molecule has 4 aromatic rings. The Hall–Kier alpha value is -3.17. The molecule has 0 heterocycles. The summed E-state index contributed by atoms with van der Waals surface area (Å²) >= 11 is 0. The molecular formula is C27H26O3. The molecule has 0 bridgehead atoms. The maximum Gasteiger partial charge on any atom is 0.139 e. The van der Waals surface area contributed by atoms with Gasteiger partial charge in [0.05, 0.1) is 13.2 Å². The maximum absolute atomic E-state index is 12.8. The van der Waals surface area contributed by atoms with E-state index in [0.29, 0.717) is 19.3 Å². The first kappa shape index (κ1) is 20.1. The molecule has 0 radical (unpaired) electrons. The summed E-state index contributed by atoms with van der Waals surface area (Å²) in [6, 6.07) is 26.7. The van der Waals surface area contributed by atoms with Gasteiger partial charge in [-0.2, -0.15) is 0 Å². The molecule has 1 atom stereocenters. The Labute approximate surface area is 177 Å². The number of fused-ring (bicyclic) bond motifs is 2. The van der Waals surface area contributed by atoms with Crippen LogP contribution < -0.4 is 4.74 Å². The van der Waals surface area contributed by atoms with Crippen molar-refractivity contribution < 1.29 is 14.3 Å². The monoisotopic (exact) mass is 398 g/mol. The highest BCUT2D eigenvalue weighted by molar-refractivity contribution is 5.90. The van der Waals surface area contributed by atoms with E-state index in [1.807, 2.05) is 30.3 Å². The standard InChI is InChI=1S/C27H26O3/c1-29-25(17-23-14-13-21-8-5-6-10-26(21)27(23)30-2)18-24(28)16-19-11-12-20-7-3-4-9-22(20)15-19/h3-15,25H,16-18H2,1-2H3. The van der Waals surface area contributed by atoms with Gasteiger partial charge in [0.15, 0.2) is 0 Å². The molecule has 0 saturated heterocycles. The molecule has 0 N–H and O–H groups in total. The van der Waals surface area contributed by atoms with Gasteiger partial charge in [0.2, 0.25) is 0 Å². The molecule has 0 amide bonds. The molecule has 0 saturated carbocycles. The van der Waals surface area contributed by atoms with E-state index in [9.17, 15) is 4.79 Å². The van der Waals surface area contributed by atoms with E-state index in [0.717, 1.165) is 33.0 Å². The van der Waals surface area contributed by atoms with Gasteiger partial charge in [-0.25, -0.2) is 0 Å². The number of hydrogen-bond acceptors (Lipinski definition) is 3. The Morgan fingerprint density at radius 3 is 2.30 bits per heavy atom. The fourth-order valence-corrected chi connectivity index (χ4v) is 4.08. The van der Waals surface area contributed by atoms with E-state index in [1.165, 1.54) is 5.39 Å². The van der Waals surface area contributed by atoms with Crippen molar-refractivity contribution >= 4 is 27.3 Å². The second-order valence-electron chi connectivity index (χ2n) is 7.64. The van der Waals surface area contributed by atoms with E-state index >= 15 is 0 Å². The Morgan fingerprint density at radius 1 is 0.833 bits per heavy atom. The minimum Gasteiger partial charge on any atom is -0.496 e. The minimum absolute atomic E-state index is 0.178. The summed E-state index contributed by atoms with van der Waals surface area (Å²) in [5, 5.41) is 4.56. The highest BCUT2D eigenvalue weighted by Gasteiger charge is 2.18. The van der Waals surface area contributed by atoms with Gasteiger partial charge >= 0.3 is 0 Å². The van der Waals surface area contributed by atoms with E-state index < -0.39 is 0 Å². The van der Waals surface area contributed by atoms with Crippen LogP contribution in [0.4, 0.5) is 0 Å². The first-order valence-electron chi connectivity index (χ1n) is 10.2. The highest BCUT2D eigenvalue weighted by atomic mass is 16.5. The summed E-state index contributed by atoms with van der Waals surface area (Å²) < 4.78 is 11.4. The van der Waals surface area contributed by atoms with Crippen LogP contribution in [0.1, 0.15) is 17.5 Å². The molecule has 3 nitrogen and oxygen atoms in total. The average molecular weight is 399 g/mol. The molecule has 0 spiro atoms. The number of ketones is 1. The number of methoxy groups -OCH3 is 2. The van der Waals surface area contributed by atoms with Gasteiger partial charge in [-0.05, 0) is 27.3 Å². The topological polar surface area (TPSA) is 35.5 Å². The third-order valence-electron chi connectivity index (χ3n) is 5.62. The fraction of sp³-hybridized carbons (Fsp3) is 0.222. The lowest BCUT2D eigenvalue weighted by Crippen LogP contribution is -2.20. The number of ether oxygens (including phenoxy) is 2. The SMILES string of the molecule is COc1c(CC(CC(=O)Cc2ccc3ccccc3c2)OC)ccc2ccccc12. The zero-order chi connectivity index (χ0) is 20.9. The summed E-state index contributed by atoms with van der Waals surface area (Å²) in [5.41, 5.74) is 2.10. The van der Waals surface area contributed by atoms with Gasteiger partial charge < -0.3 is 9.47 Å². The van der Waals surface area contributed by atoms with Gasteiger partial charge in [-0.1, -0.05) is 78.9 Å². The molecule has 0 aliphatic heterocycles. The number of hydrogen-bond donors (Lipinski definition) is 0. The van der Waals surface area contributed by atoms with Crippen LogP contribution in [-0.4, -0.2) is 26.1 Å². The molecular weight excluding hydrogens is 372 g/mol. The van der Waals surface area contributed by atoms with E-state index in [2.05, 4.69) is 48.5 Å². The van der Waals surface area contributed by atoms with E-state index in [-0.39, 0.29) is 11.9 Å². The summed E-state index contributed by atoms with van der Waals surface area (Å²) in [6.07, 6.45) is 1.24. The number of Topliss-reactive ketones (excluding diaryl/α,β-unsaturated/α-hetero) is 1. The normalized spacial score (nSPS) is 12.2. The molecule has 3 heteroatoms. The minimum atomic E-state index is -0.187. The molecule has 0 aromatic heterocycles. The van der Waals surface area contributed by atoms with Crippen LogP contribution in [0.5, 0.6) is 5.75 Å². The number of carbonyl (C=O) groups excluding carboxylic acids is 1. The predicted molar refractivity (Wildman–Crippen MR) is 122 cm³/mol. The fourth-order valence-electron chi connectivity index (χ4n) is 4.08. The van der Waals surface area contributed by atoms with Crippen molar-refractivity contribution in [2.24, 2.45) is 0 Å². The third kappa shape index (κ3) is 4.37. The van der Waals surface area contributed by atoms with Gasteiger partial charge in [0.25, 0.3) is 0 Å². The smallest absolute Gasteiger partial charge is 0.139 e. The second-order valence-corrected chi connectivity index (χ2v) is 7.64. The van der Waals surface area contributed by atoms with Crippen LogP contribution in [0.2, 0.25) is 0 Å². The molecule has 0 fully saturated rings. The zero-order valence-corrected chi connectivity index (χ0v) is 17.4. The Balaban J connectivity index is 1.47. The van der Waals surface area contributed by atoms with Crippen LogP contribution >= 0.6 is 0 Å². The van der Waals surface area contributed by atoms with E-state index in [4.69, 9.17) is 9.47 Å². The van der Waals surface area contributed by atoms with Crippen LogP contribution in [0.15, 0.2) is 78.9 Å². The lowest BCUT2D eigenvalue weighted by atomic mass is 9.96. The van der Waals surface area contributed by atoms with Crippen molar-refractivity contribution in [1.82, 2.24) is 0 Å².